The largest absolute Gasteiger partial charge is 0.364 e. The van der Waals surface area contributed by atoms with Gasteiger partial charge >= 0.3 is 0 Å². The molecule has 0 saturated heterocycles. The Bertz CT molecular complexity index is 463. The molecule has 2 aromatic rings. The van der Waals surface area contributed by atoms with Crippen LogP contribution in [-0.2, 0) is 0 Å². The van der Waals surface area contributed by atoms with Crippen molar-refractivity contribution in [3.05, 3.63) is 54.4 Å². The minimum Gasteiger partial charge on any atom is -0.364 e. The summed E-state index contributed by atoms with van der Waals surface area (Å²) in [5.41, 5.74) is 7.43. The van der Waals surface area contributed by atoms with Crippen LogP contribution < -0.4 is 5.73 Å². The van der Waals surface area contributed by atoms with Gasteiger partial charge in [0.1, 0.15) is 5.69 Å². The zero-order valence-corrected chi connectivity index (χ0v) is 8.05. The van der Waals surface area contributed by atoms with Crippen molar-refractivity contribution in [2.45, 2.75) is 0 Å². The number of amides is 1. The van der Waals surface area contributed by atoms with Crippen molar-refractivity contribution in [1.82, 2.24) is 4.98 Å². The Morgan fingerprint density at radius 1 is 1.00 bits per heavy atom. The molecule has 0 saturated carbocycles. The summed E-state index contributed by atoms with van der Waals surface area (Å²) in [6.07, 6.45) is 1.65. The molecule has 0 unspecified atom stereocenters. The second-order valence-corrected chi connectivity index (χ2v) is 3.16. The van der Waals surface area contributed by atoms with Gasteiger partial charge in [0, 0.05) is 11.8 Å². The molecule has 2 rings (SSSR count). The van der Waals surface area contributed by atoms with E-state index in [0.29, 0.717) is 0 Å². The molecule has 0 bridgehead atoms. The molecule has 0 radical (unpaired) electrons. The van der Waals surface area contributed by atoms with Crippen LogP contribution in [-0.4, -0.2) is 10.9 Å². The summed E-state index contributed by atoms with van der Waals surface area (Å²) in [6, 6.07) is 13.3. The maximum absolute atomic E-state index is 10.8. The van der Waals surface area contributed by atoms with Gasteiger partial charge in [-0.25, -0.2) is 0 Å². The van der Waals surface area contributed by atoms with Crippen molar-refractivity contribution >= 4 is 5.91 Å². The standard InChI is InChI=1S/C12H10N2O/c13-12(15)11-7-6-10(8-14-11)9-4-2-1-3-5-9/h1-8H,(H2,13,15). The average molecular weight is 198 g/mol. The lowest BCUT2D eigenvalue weighted by Crippen LogP contribution is -2.12. The first-order valence-electron chi connectivity index (χ1n) is 4.58. The molecule has 1 amide bonds. The fourth-order valence-electron chi connectivity index (χ4n) is 1.34. The van der Waals surface area contributed by atoms with Gasteiger partial charge in [-0.2, -0.15) is 0 Å². The van der Waals surface area contributed by atoms with Crippen LogP contribution in [0.25, 0.3) is 11.1 Å². The maximum atomic E-state index is 10.8. The Morgan fingerprint density at radius 3 is 2.27 bits per heavy atom. The lowest BCUT2D eigenvalue weighted by Gasteiger charge is -2.00. The van der Waals surface area contributed by atoms with Gasteiger partial charge < -0.3 is 5.73 Å². The highest BCUT2D eigenvalue weighted by Crippen LogP contribution is 2.17. The van der Waals surface area contributed by atoms with E-state index in [1.54, 1.807) is 12.3 Å². The molecule has 0 aliphatic carbocycles. The van der Waals surface area contributed by atoms with Gasteiger partial charge in [0.2, 0.25) is 0 Å². The molecular weight excluding hydrogens is 188 g/mol. The summed E-state index contributed by atoms with van der Waals surface area (Å²) in [5, 5.41) is 0. The molecule has 0 spiro atoms. The Morgan fingerprint density at radius 2 is 1.73 bits per heavy atom. The van der Waals surface area contributed by atoms with Gasteiger partial charge in [-0.05, 0) is 11.6 Å². The second kappa shape index (κ2) is 3.92. The summed E-state index contributed by atoms with van der Waals surface area (Å²) in [5.74, 6) is -0.505. The number of pyridine rings is 1. The zero-order valence-electron chi connectivity index (χ0n) is 8.05. The van der Waals surface area contributed by atoms with Gasteiger partial charge in [-0.3, -0.25) is 9.78 Å². The maximum Gasteiger partial charge on any atom is 0.267 e. The lowest BCUT2D eigenvalue weighted by molar-refractivity contribution is 0.0995. The van der Waals surface area contributed by atoms with Crippen LogP contribution in [0.15, 0.2) is 48.7 Å². The van der Waals surface area contributed by atoms with Crippen LogP contribution in [0.2, 0.25) is 0 Å². The number of benzene rings is 1. The number of rotatable bonds is 2. The molecule has 74 valence electrons. The number of hydrogen-bond donors (Lipinski definition) is 1. The number of carbonyl (C=O) groups is 1. The Balaban J connectivity index is 2.36. The van der Waals surface area contributed by atoms with E-state index >= 15 is 0 Å². The third kappa shape index (κ3) is 2.02. The van der Waals surface area contributed by atoms with Crippen LogP contribution in [0.4, 0.5) is 0 Å². The van der Waals surface area contributed by atoms with E-state index in [0.717, 1.165) is 11.1 Å². The quantitative estimate of drug-likeness (QED) is 0.800. The monoisotopic (exact) mass is 198 g/mol. The first kappa shape index (κ1) is 9.40. The number of aromatic nitrogens is 1. The molecule has 0 aliphatic heterocycles. The van der Waals surface area contributed by atoms with Gasteiger partial charge in [0.25, 0.3) is 5.91 Å². The van der Waals surface area contributed by atoms with Crippen LogP contribution in [0, 0.1) is 0 Å². The van der Waals surface area contributed by atoms with Crippen LogP contribution in [0.1, 0.15) is 10.5 Å². The highest BCUT2D eigenvalue weighted by Gasteiger charge is 2.02. The highest BCUT2D eigenvalue weighted by molar-refractivity contribution is 5.91. The number of primary amides is 1. The molecule has 1 aromatic carbocycles. The van der Waals surface area contributed by atoms with Gasteiger partial charge in [-0.15, -0.1) is 0 Å². The van der Waals surface area contributed by atoms with Crippen molar-refractivity contribution in [3.63, 3.8) is 0 Å². The van der Waals surface area contributed by atoms with Gasteiger partial charge in [0.05, 0.1) is 0 Å². The summed E-state index contributed by atoms with van der Waals surface area (Å²) in [6.45, 7) is 0. The van der Waals surface area contributed by atoms with Crippen molar-refractivity contribution in [2.75, 3.05) is 0 Å². The summed E-state index contributed by atoms with van der Waals surface area (Å²) >= 11 is 0. The van der Waals surface area contributed by atoms with E-state index in [1.165, 1.54) is 0 Å². The van der Waals surface area contributed by atoms with Crippen LogP contribution in [0.3, 0.4) is 0 Å². The molecule has 3 heteroatoms. The van der Waals surface area contributed by atoms with Crippen molar-refractivity contribution in [3.8, 4) is 11.1 Å². The first-order valence-corrected chi connectivity index (χ1v) is 4.58. The molecule has 3 nitrogen and oxygen atoms in total. The molecule has 0 aliphatic rings. The molecular formula is C12H10N2O. The van der Waals surface area contributed by atoms with Crippen LogP contribution >= 0.6 is 0 Å². The minimum atomic E-state index is -0.505. The van der Waals surface area contributed by atoms with E-state index in [9.17, 15) is 4.79 Å². The van der Waals surface area contributed by atoms with Gasteiger partial charge in [-0.1, -0.05) is 36.4 Å². The number of hydrogen-bond acceptors (Lipinski definition) is 2. The van der Waals surface area contributed by atoms with E-state index in [-0.39, 0.29) is 5.69 Å². The molecule has 15 heavy (non-hydrogen) atoms. The van der Waals surface area contributed by atoms with Crippen LogP contribution in [0.5, 0.6) is 0 Å². The van der Waals surface area contributed by atoms with E-state index < -0.39 is 5.91 Å². The Hall–Kier alpha value is -2.16. The smallest absolute Gasteiger partial charge is 0.267 e. The molecule has 1 heterocycles. The molecule has 0 atom stereocenters. The minimum absolute atomic E-state index is 0.287. The third-order valence-electron chi connectivity index (χ3n) is 2.12. The lowest BCUT2D eigenvalue weighted by atomic mass is 10.1. The SMILES string of the molecule is NC(=O)c1ccc(-c2ccccc2)cn1. The van der Waals surface area contributed by atoms with Crippen molar-refractivity contribution < 1.29 is 4.79 Å². The fraction of sp³-hybridized carbons (Fsp3) is 0. The van der Waals surface area contributed by atoms with Crippen molar-refractivity contribution in [2.24, 2.45) is 5.73 Å². The normalized spacial score (nSPS) is 9.87. The Labute approximate surface area is 87.6 Å². The number of nitrogens with zero attached hydrogens (tertiary/aromatic N) is 1. The number of carbonyl (C=O) groups excluding carboxylic acids is 1. The third-order valence-corrected chi connectivity index (χ3v) is 2.12. The summed E-state index contributed by atoms with van der Waals surface area (Å²) < 4.78 is 0. The Kier molecular flexibility index (Phi) is 2.46. The second-order valence-electron chi connectivity index (χ2n) is 3.16. The highest BCUT2D eigenvalue weighted by atomic mass is 16.1. The zero-order chi connectivity index (χ0) is 10.7. The number of nitrogens with two attached hydrogens (primary N) is 1. The molecule has 2 N–H and O–H groups in total. The summed E-state index contributed by atoms with van der Waals surface area (Å²) in [4.78, 5) is 14.8. The van der Waals surface area contributed by atoms with E-state index in [4.69, 9.17) is 5.73 Å². The molecule has 0 fully saturated rings. The van der Waals surface area contributed by atoms with Gasteiger partial charge in [0.15, 0.2) is 0 Å². The first-order chi connectivity index (χ1) is 7.27. The van der Waals surface area contributed by atoms with Crippen molar-refractivity contribution in [1.29, 1.82) is 0 Å². The van der Waals surface area contributed by atoms with E-state index in [1.807, 2.05) is 36.4 Å². The predicted molar refractivity (Wildman–Crippen MR) is 58.2 cm³/mol. The fourth-order valence-corrected chi connectivity index (χ4v) is 1.34. The summed E-state index contributed by atoms with van der Waals surface area (Å²) in [7, 11) is 0. The topological polar surface area (TPSA) is 56.0 Å². The average Bonchev–Trinajstić information content (AvgIpc) is 2.30. The molecule has 1 aromatic heterocycles. The predicted octanol–water partition coefficient (Wildman–Crippen LogP) is 1.85. The van der Waals surface area contributed by atoms with E-state index in [2.05, 4.69) is 4.98 Å².